The molecule has 0 heterocycles. The molecule has 18 heavy (non-hydrogen) atoms. The molecule has 4 nitrogen and oxygen atoms in total. The lowest BCUT2D eigenvalue weighted by Gasteiger charge is -2.09. The number of hydrogen-bond acceptors (Lipinski definition) is 5. The molecule has 6 heteroatoms. The fourth-order valence-electron chi connectivity index (χ4n) is 1.26. The van der Waals surface area contributed by atoms with Gasteiger partial charge in [-0.15, -0.1) is 11.8 Å². The van der Waals surface area contributed by atoms with Crippen molar-refractivity contribution in [2.75, 3.05) is 18.1 Å². The molecule has 0 aromatic heterocycles. The van der Waals surface area contributed by atoms with Crippen LogP contribution in [-0.2, 0) is 9.53 Å². The first-order valence-corrected chi connectivity index (χ1v) is 6.53. The largest absolute Gasteiger partial charge is 0.466 e. The predicted octanol–water partition coefficient (Wildman–Crippen LogP) is 1.81. The lowest BCUT2D eigenvalue weighted by molar-refractivity contribution is -0.144. The summed E-state index contributed by atoms with van der Waals surface area (Å²) in [7, 11) is 0. The van der Waals surface area contributed by atoms with Crippen molar-refractivity contribution in [1.29, 1.82) is 0 Å². The third kappa shape index (κ3) is 4.93. The molecule has 0 fully saturated rings. The second kappa shape index (κ2) is 7.23. The molecule has 0 aliphatic heterocycles. The van der Waals surface area contributed by atoms with E-state index in [0.29, 0.717) is 17.3 Å². The fourth-order valence-corrected chi connectivity index (χ4v) is 2.12. The standard InChI is InChI=1S/C12H16FNO3S/c1-2-17-12(16)5-8(15)7-18-9-3-4-11(14)10(13)6-9/h3-4,6,8,15H,2,5,7,14H2,1H3. The van der Waals surface area contributed by atoms with Crippen LogP contribution < -0.4 is 5.73 Å². The Morgan fingerprint density at radius 2 is 2.33 bits per heavy atom. The van der Waals surface area contributed by atoms with E-state index in [-0.39, 0.29) is 12.1 Å². The number of carbonyl (C=O) groups is 1. The molecule has 100 valence electrons. The molecule has 0 radical (unpaired) electrons. The molecular formula is C12H16FNO3S. The summed E-state index contributed by atoms with van der Waals surface area (Å²) in [6, 6.07) is 4.44. The number of aliphatic hydroxyl groups is 1. The Morgan fingerprint density at radius 1 is 1.61 bits per heavy atom. The first-order valence-electron chi connectivity index (χ1n) is 5.54. The number of anilines is 1. The zero-order valence-corrected chi connectivity index (χ0v) is 10.9. The Morgan fingerprint density at radius 3 is 2.94 bits per heavy atom. The highest BCUT2D eigenvalue weighted by atomic mass is 32.2. The minimum Gasteiger partial charge on any atom is -0.466 e. The fraction of sp³-hybridized carbons (Fsp3) is 0.417. The van der Waals surface area contributed by atoms with Crippen molar-refractivity contribution >= 4 is 23.4 Å². The normalized spacial score (nSPS) is 12.2. The van der Waals surface area contributed by atoms with Gasteiger partial charge in [0, 0.05) is 10.6 Å². The van der Waals surface area contributed by atoms with Crippen LogP contribution in [0.1, 0.15) is 13.3 Å². The zero-order valence-electron chi connectivity index (χ0n) is 10.1. The van der Waals surface area contributed by atoms with Gasteiger partial charge >= 0.3 is 5.97 Å². The van der Waals surface area contributed by atoms with Gasteiger partial charge in [0.1, 0.15) is 5.82 Å². The third-order valence-electron chi connectivity index (χ3n) is 2.12. The molecule has 0 bridgehead atoms. The maximum atomic E-state index is 13.1. The van der Waals surface area contributed by atoms with E-state index in [2.05, 4.69) is 0 Å². The summed E-state index contributed by atoms with van der Waals surface area (Å²) in [5, 5.41) is 9.59. The maximum absolute atomic E-state index is 13.1. The van der Waals surface area contributed by atoms with Crippen LogP contribution in [0.4, 0.5) is 10.1 Å². The topological polar surface area (TPSA) is 72.5 Å². The summed E-state index contributed by atoms with van der Waals surface area (Å²) in [6.45, 7) is 2.00. The van der Waals surface area contributed by atoms with Crippen molar-refractivity contribution in [1.82, 2.24) is 0 Å². The number of nitrogen functional groups attached to an aromatic ring is 1. The SMILES string of the molecule is CCOC(=O)CC(O)CSc1ccc(N)c(F)c1. The van der Waals surface area contributed by atoms with Gasteiger partial charge in [-0.05, 0) is 25.1 Å². The molecule has 0 aliphatic rings. The second-order valence-corrected chi connectivity index (χ2v) is 4.75. The van der Waals surface area contributed by atoms with Crippen molar-refractivity contribution in [3.8, 4) is 0 Å². The summed E-state index contributed by atoms with van der Waals surface area (Å²) in [4.78, 5) is 11.8. The van der Waals surface area contributed by atoms with Gasteiger partial charge in [-0.1, -0.05) is 0 Å². The Kier molecular flexibility index (Phi) is 5.94. The molecule has 1 rings (SSSR count). The summed E-state index contributed by atoms with van der Waals surface area (Å²) >= 11 is 1.26. The van der Waals surface area contributed by atoms with Gasteiger partial charge in [0.05, 0.1) is 24.8 Å². The van der Waals surface area contributed by atoms with E-state index < -0.39 is 17.9 Å². The molecule has 1 aromatic rings. The first-order chi connectivity index (χ1) is 8.52. The van der Waals surface area contributed by atoms with Crippen LogP contribution in [0.5, 0.6) is 0 Å². The number of nitrogens with two attached hydrogens (primary N) is 1. The van der Waals surface area contributed by atoms with Gasteiger partial charge in [-0.25, -0.2) is 4.39 Å². The van der Waals surface area contributed by atoms with E-state index in [9.17, 15) is 14.3 Å². The van der Waals surface area contributed by atoms with Crippen molar-refractivity contribution in [3.05, 3.63) is 24.0 Å². The molecule has 0 aliphatic carbocycles. The number of halogens is 1. The molecule has 1 unspecified atom stereocenters. The Balaban J connectivity index is 2.40. The predicted molar refractivity (Wildman–Crippen MR) is 68.8 cm³/mol. The lowest BCUT2D eigenvalue weighted by atomic mass is 10.3. The van der Waals surface area contributed by atoms with Crippen molar-refractivity contribution in [2.24, 2.45) is 0 Å². The van der Waals surface area contributed by atoms with Gasteiger partial charge < -0.3 is 15.6 Å². The summed E-state index contributed by atoms with van der Waals surface area (Å²) in [5.74, 6) is -0.628. The van der Waals surface area contributed by atoms with Crippen LogP contribution >= 0.6 is 11.8 Å². The molecule has 1 atom stereocenters. The van der Waals surface area contributed by atoms with E-state index in [4.69, 9.17) is 10.5 Å². The number of hydrogen-bond donors (Lipinski definition) is 2. The van der Waals surface area contributed by atoms with Crippen molar-refractivity contribution < 1.29 is 19.0 Å². The second-order valence-electron chi connectivity index (χ2n) is 3.66. The average Bonchev–Trinajstić information content (AvgIpc) is 2.31. The molecule has 0 amide bonds. The number of esters is 1. The van der Waals surface area contributed by atoms with Crippen LogP contribution in [0.25, 0.3) is 0 Å². The maximum Gasteiger partial charge on any atom is 0.308 e. The summed E-state index contributed by atoms with van der Waals surface area (Å²) in [6.07, 6.45) is -0.868. The van der Waals surface area contributed by atoms with Crippen LogP contribution in [0, 0.1) is 5.82 Å². The molecular weight excluding hydrogens is 257 g/mol. The molecule has 1 aromatic carbocycles. The minimum atomic E-state index is -0.810. The van der Waals surface area contributed by atoms with Gasteiger partial charge in [0.2, 0.25) is 0 Å². The van der Waals surface area contributed by atoms with Crippen LogP contribution in [0.15, 0.2) is 23.1 Å². The number of thioether (sulfide) groups is 1. The van der Waals surface area contributed by atoms with Gasteiger partial charge in [0.15, 0.2) is 0 Å². The Bertz CT molecular complexity index is 414. The highest BCUT2D eigenvalue weighted by Gasteiger charge is 2.12. The van der Waals surface area contributed by atoms with Crippen LogP contribution in [0.3, 0.4) is 0 Å². The molecule has 0 saturated carbocycles. The average molecular weight is 273 g/mol. The number of benzene rings is 1. The van der Waals surface area contributed by atoms with E-state index in [0.717, 1.165) is 0 Å². The van der Waals surface area contributed by atoms with E-state index in [1.165, 1.54) is 23.9 Å². The third-order valence-corrected chi connectivity index (χ3v) is 3.26. The van der Waals surface area contributed by atoms with Crippen LogP contribution in [0.2, 0.25) is 0 Å². The number of aliphatic hydroxyl groups excluding tert-OH is 1. The van der Waals surface area contributed by atoms with Crippen LogP contribution in [-0.4, -0.2) is 29.5 Å². The summed E-state index contributed by atoms with van der Waals surface area (Å²) < 4.78 is 17.9. The molecule has 0 spiro atoms. The lowest BCUT2D eigenvalue weighted by Crippen LogP contribution is -2.17. The first kappa shape index (κ1) is 14.8. The summed E-state index contributed by atoms with van der Waals surface area (Å²) in [5.41, 5.74) is 5.44. The van der Waals surface area contributed by atoms with E-state index in [1.54, 1.807) is 13.0 Å². The van der Waals surface area contributed by atoms with E-state index in [1.807, 2.05) is 0 Å². The van der Waals surface area contributed by atoms with E-state index >= 15 is 0 Å². The van der Waals surface area contributed by atoms with Crippen molar-refractivity contribution in [3.63, 3.8) is 0 Å². The number of rotatable bonds is 6. The number of carbonyl (C=O) groups excluding carboxylic acids is 1. The van der Waals surface area contributed by atoms with Gasteiger partial charge in [0.25, 0.3) is 0 Å². The van der Waals surface area contributed by atoms with Gasteiger partial charge in [-0.2, -0.15) is 0 Å². The van der Waals surface area contributed by atoms with Crippen molar-refractivity contribution in [2.45, 2.75) is 24.3 Å². The highest BCUT2D eigenvalue weighted by Crippen LogP contribution is 2.23. The number of ether oxygens (including phenoxy) is 1. The Hall–Kier alpha value is -1.27. The molecule has 3 N–H and O–H groups in total. The minimum absolute atomic E-state index is 0.0572. The molecule has 0 saturated heterocycles. The highest BCUT2D eigenvalue weighted by molar-refractivity contribution is 7.99. The zero-order chi connectivity index (χ0) is 13.5. The quantitative estimate of drug-likeness (QED) is 0.470. The smallest absolute Gasteiger partial charge is 0.308 e. The Labute approximate surface area is 109 Å². The monoisotopic (exact) mass is 273 g/mol. The van der Waals surface area contributed by atoms with Gasteiger partial charge in [-0.3, -0.25) is 4.79 Å².